The summed E-state index contributed by atoms with van der Waals surface area (Å²) in [5, 5.41) is 9.99. The molecular weight excluding hydrogens is 296 g/mol. The van der Waals surface area contributed by atoms with Crippen molar-refractivity contribution in [2.75, 3.05) is 26.8 Å². The molecule has 1 aliphatic rings. The van der Waals surface area contributed by atoms with Gasteiger partial charge in [-0.1, -0.05) is 0 Å². The van der Waals surface area contributed by atoms with Crippen LogP contribution in [0.4, 0.5) is 4.79 Å². The predicted octanol–water partition coefficient (Wildman–Crippen LogP) is 3.01. The van der Waals surface area contributed by atoms with Crippen LogP contribution in [-0.2, 0) is 0 Å². The molecule has 1 aliphatic heterocycles. The Hall–Kier alpha value is -2.50. The van der Waals surface area contributed by atoms with Crippen molar-refractivity contribution in [3.8, 4) is 11.6 Å². The molecule has 0 aliphatic carbocycles. The average Bonchev–Trinajstić information content (AvgIpc) is 2.59. The highest BCUT2D eigenvalue weighted by atomic mass is 16.5. The summed E-state index contributed by atoms with van der Waals surface area (Å²) in [7, 11) is 1.63. The number of methoxy groups -OCH3 is 1. The van der Waals surface area contributed by atoms with E-state index < -0.39 is 6.09 Å². The molecule has 0 bridgehead atoms. The number of nitrogens with zero attached hydrogens (tertiary/aromatic N) is 2. The molecule has 1 saturated heterocycles. The second kappa shape index (κ2) is 6.73. The number of carboxylic acid groups (broad SMARTS) is 1. The first-order valence-corrected chi connectivity index (χ1v) is 7.71. The number of aromatic nitrogens is 1. The van der Waals surface area contributed by atoms with E-state index in [1.165, 1.54) is 4.90 Å². The van der Waals surface area contributed by atoms with Crippen LogP contribution in [0.5, 0.6) is 11.6 Å². The zero-order valence-electron chi connectivity index (χ0n) is 13.1. The second-order valence-electron chi connectivity index (χ2n) is 5.73. The van der Waals surface area contributed by atoms with Gasteiger partial charge in [0, 0.05) is 30.6 Å². The van der Waals surface area contributed by atoms with Crippen LogP contribution in [0.2, 0.25) is 0 Å². The summed E-state index contributed by atoms with van der Waals surface area (Å²) in [6.45, 7) is 1.72. The summed E-state index contributed by atoms with van der Waals surface area (Å²) < 4.78 is 11.0. The fourth-order valence-electron chi connectivity index (χ4n) is 2.78. The molecule has 1 aromatic carbocycles. The molecule has 0 spiro atoms. The van der Waals surface area contributed by atoms with E-state index in [4.69, 9.17) is 14.6 Å². The normalized spacial score (nSPS) is 15.6. The molecule has 0 unspecified atom stereocenters. The van der Waals surface area contributed by atoms with Gasteiger partial charge in [0.1, 0.15) is 5.75 Å². The smallest absolute Gasteiger partial charge is 0.407 e. The van der Waals surface area contributed by atoms with Gasteiger partial charge in [0.15, 0.2) is 0 Å². The highest BCUT2D eigenvalue weighted by molar-refractivity contribution is 5.80. The van der Waals surface area contributed by atoms with Crippen molar-refractivity contribution in [2.45, 2.75) is 12.8 Å². The number of rotatable bonds is 4. The Morgan fingerprint density at radius 1 is 1.30 bits per heavy atom. The van der Waals surface area contributed by atoms with Gasteiger partial charge >= 0.3 is 6.09 Å². The number of ether oxygens (including phenoxy) is 2. The molecule has 6 nitrogen and oxygen atoms in total. The Balaban J connectivity index is 1.60. The maximum atomic E-state index is 10.9. The average molecular weight is 316 g/mol. The van der Waals surface area contributed by atoms with E-state index in [1.54, 1.807) is 7.11 Å². The lowest BCUT2D eigenvalue weighted by Gasteiger charge is -2.29. The number of piperidine rings is 1. The lowest BCUT2D eigenvalue weighted by Crippen LogP contribution is -2.38. The van der Waals surface area contributed by atoms with Gasteiger partial charge in [0.25, 0.3) is 0 Å². The van der Waals surface area contributed by atoms with Crippen molar-refractivity contribution in [3.05, 3.63) is 30.3 Å². The minimum absolute atomic E-state index is 0.369. The summed E-state index contributed by atoms with van der Waals surface area (Å²) >= 11 is 0. The predicted molar refractivity (Wildman–Crippen MR) is 86.1 cm³/mol. The van der Waals surface area contributed by atoms with Crippen LogP contribution in [0.15, 0.2) is 30.3 Å². The van der Waals surface area contributed by atoms with Gasteiger partial charge < -0.3 is 19.5 Å². The molecule has 1 amide bonds. The lowest BCUT2D eigenvalue weighted by molar-refractivity contribution is 0.111. The first kappa shape index (κ1) is 15.4. The number of amides is 1. The third-order valence-corrected chi connectivity index (χ3v) is 4.23. The Morgan fingerprint density at radius 3 is 2.74 bits per heavy atom. The third-order valence-electron chi connectivity index (χ3n) is 4.23. The van der Waals surface area contributed by atoms with Crippen LogP contribution >= 0.6 is 0 Å². The molecule has 2 heterocycles. The Morgan fingerprint density at radius 2 is 2.04 bits per heavy atom. The zero-order valence-corrected chi connectivity index (χ0v) is 13.1. The first-order chi connectivity index (χ1) is 11.2. The van der Waals surface area contributed by atoms with E-state index in [-0.39, 0.29) is 0 Å². The third kappa shape index (κ3) is 3.64. The second-order valence-corrected chi connectivity index (χ2v) is 5.73. The number of carbonyl (C=O) groups is 1. The number of pyridine rings is 1. The fourth-order valence-corrected chi connectivity index (χ4v) is 2.78. The lowest BCUT2D eigenvalue weighted by atomic mass is 9.98. The first-order valence-electron chi connectivity index (χ1n) is 7.71. The van der Waals surface area contributed by atoms with Gasteiger partial charge in [0.2, 0.25) is 5.88 Å². The highest BCUT2D eigenvalue weighted by Crippen LogP contribution is 2.23. The summed E-state index contributed by atoms with van der Waals surface area (Å²) in [5.41, 5.74) is 0.836. The van der Waals surface area contributed by atoms with Gasteiger partial charge in [-0.15, -0.1) is 0 Å². The van der Waals surface area contributed by atoms with E-state index >= 15 is 0 Å². The summed E-state index contributed by atoms with van der Waals surface area (Å²) in [4.78, 5) is 16.9. The van der Waals surface area contributed by atoms with E-state index in [2.05, 4.69) is 4.98 Å². The quantitative estimate of drug-likeness (QED) is 0.938. The molecule has 0 saturated carbocycles. The largest absolute Gasteiger partial charge is 0.497 e. The monoisotopic (exact) mass is 316 g/mol. The van der Waals surface area contributed by atoms with Crippen LogP contribution in [0.25, 0.3) is 10.9 Å². The summed E-state index contributed by atoms with van der Waals surface area (Å²) in [6.07, 6.45) is 0.816. The van der Waals surface area contributed by atoms with Gasteiger partial charge in [0.05, 0.1) is 19.2 Å². The minimum atomic E-state index is -0.838. The van der Waals surface area contributed by atoms with Crippen molar-refractivity contribution in [3.63, 3.8) is 0 Å². The Bertz CT molecular complexity index is 696. The Kier molecular flexibility index (Phi) is 4.50. The van der Waals surface area contributed by atoms with Crippen molar-refractivity contribution in [1.82, 2.24) is 9.88 Å². The molecule has 3 rings (SSSR count). The van der Waals surface area contributed by atoms with E-state index in [1.807, 2.05) is 30.3 Å². The standard InChI is InChI=1S/C17H20N2O4/c1-22-14-4-2-13-3-5-16(18-15(13)10-14)23-11-12-6-8-19(9-7-12)17(20)21/h2-5,10,12H,6-9,11H2,1H3,(H,20,21). The molecule has 0 radical (unpaired) electrons. The highest BCUT2D eigenvalue weighted by Gasteiger charge is 2.22. The molecule has 23 heavy (non-hydrogen) atoms. The van der Waals surface area contributed by atoms with E-state index in [9.17, 15) is 4.79 Å². The topological polar surface area (TPSA) is 71.9 Å². The molecule has 122 valence electrons. The maximum Gasteiger partial charge on any atom is 0.407 e. The SMILES string of the molecule is COc1ccc2ccc(OCC3CCN(C(=O)O)CC3)nc2c1. The van der Waals surface area contributed by atoms with E-state index in [0.717, 1.165) is 29.5 Å². The zero-order chi connectivity index (χ0) is 16.2. The van der Waals surface area contributed by atoms with Crippen molar-refractivity contribution >= 4 is 17.0 Å². The van der Waals surface area contributed by atoms with E-state index in [0.29, 0.717) is 31.5 Å². The maximum absolute atomic E-state index is 10.9. The van der Waals surface area contributed by atoms with Crippen LogP contribution in [0.3, 0.4) is 0 Å². The summed E-state index contributed by atoms with van der Waals surface area (Å²) in [6, 6.07) is 9.59. The van der Waals surface area contributed by atoms with Crippen molar-refractivity contribution < 1.29 is 19.4 Å². The van der Waals surface area contributed by atoms with Gasteiger partial charge in [-0.25, -0.2) is 9.78 Å². The van der Waals surface area contributed by atoms with Gasteiger partial charge in [-0.3, -0.25) is 0 Å². The van der Waals surface area contributed by atoms with Crippen molar-refractivity contribution in [2.24, 2.45) is 5.92 Å². The van der Waals surface area contributed by atoms with Crippen molar-refractivity contribution in [1.29, 1.82) is 0 Å². The molecule has 1 aromatic heterocycles. The van der Waals surface area contributed by atoms with Crippen LogP contribution in [-0.4, -0.2) is 47.9 Å². The number of likely N-dealkylation sites (tertiary alicyclic amines) is 1. The fraction of sp³-hybridized carbons (Fsp3) is 0.412. The molecule has 0 atom stereocenters. The van der Waals surface area contributed by atoms with Crippen LogP contribution in [0, 0.1) is 5.92 Å². The number of hydrogen-bond acceptors (Lipinski definition) is 4. The van der Waals surface area contributed by atoms with Crippen LogP contribution < -0.4 is 9.47 Å². The summed E-state index contributed by atoms with van der Waals surface area (Å²) in [5.74, 6) is 1.73. The molecule has 6 heteroatoms. The van der Waals surface area contributed by atoms with Crippen LogP contribution in [0.1, 0.15) is 12.8 Å². The molecular formula is C17H20N2O4. The molecule has 1 fully saturated rings. The van der Waals surface area contributed by atoms with Gasteiger partial charge in [-0.05, 0) is 37.0 Å². The molecule has 2 aromatic rings. The number of benzene rings is 1. The van der Waals surface area contributed by atoms with Gasteiger partial charge in [-0.2, -0.15) is 0 Å². The molecule has 1 N–H and O–H groups in total. The Labute approximate surface area is 134 Å². The number of fused-ring (bicyclic) bond motifs is 1. The minimum Gasteiger partial charge on any atom is -0.497 e. The number of hydrogen-bond donors (Lipinski definition) is 1.